The Hall–Kier alpha value is -1.95. The molecule has 2 amide bonds. The minimum Gasteiger partial charge on any atom is -0.493 e. The molecule has 0 bridgehead atoms. The second-order valence-corrected chi connectivity index (χ2v) is 6.56. The number of rotatable bonds is 5. The van der Waals surface area contributed by atoms with Crippen LogP contribution < -0.4 is 14.8 Å². The summed E-state index contributed by atoms with van der Waals surface area (Å²) in [6, 6.07) is 3.02. The molecule has 1 aromatic carbocycles. The van der Waals surface area contributed by atoms with Gasteiger partial charge in [0.25, 0.3) is 5.91 Å². The fourth-order valence-corrected chi connectivity index (χ4v) is 2.29. The molecule has 1 aromatic rings. The zero-order valence-corrected chi connectivity index (χ0v) is 15.1. The smallest absolute Gasteiger partial charge is 0.254 e. The Bertz CT molecular complexity index is 596. The summed E-state index contributed by atoms with van der Waals surface area (Å²) in [5.41, 5.74) is -0.0353. The Kier molecular flexibility index (Phi) is 6.27. The minimum absolute atomic E-state index is 0.0535. The maximum Gasteiger partial charge on any atom is 0.254 e. The Labute approximate surface area is 141 Å². The Morgan fingerprint density at radius 1 is 1.22 bits per heavy atom. The lowest BCUT2D eigenvalue weighted by molar-refractivity contribution is -0.122. The second kappa shape index (κ2) is 7.55. The minimum atomic E-state index is -0.354. The van der Waals surface area contributed by atoms with Gasteiger partial charge in [0.2, 0.25) is 5.91 Å². The van der Waals surface area contributed by atoms with E-state index in [1.807, 2.05) is 20.8 Å². The summed E-state index contributed by atoms with van der Waals surface area (Å²) < 4.78 is 10.3. The molecule has 0 saturated heterocycles. The SMILES string of the molecule is COc1cc(C(=O)N(C)CC(=O)NC(C)(C)C)cc(Cl)c1OC. The summed E-state index contributed by atoms with van der Waals surface area (Å²) in [4.78, 5) is 25.7. The number of methoxy groups -OCH3 is 2. The summed E-state index contributed by atoms with van der Waals surface area (Å²) in [6.45, 7) is 5.57. The lowest BCUT2D eigenvalue weighted by Crippen LogP contribution is -2.46. The van der Waals surface area contributed by atoms with Crippen molar-refractivity contribution >= 4 is 23.4 Å². The van der Waals surface area contributed by atoms with E-state index in [1.54, 1.807) is 7.05 Å². The van der Waals surface area contributed by atoms with Crippen LogP contribution in [0.5, 0.6) is 11.5 Å². The van der Waals surface area contributed by atoms with Crippen LogP contribution in [0.1, 0.15) is 31.1 Å². The summed E-state index contributed by atoms with van der Waals surface area (Å²) in [5.74, 6) is 0.145. The van der Waals surface area contributed by atoms with Gasteiger partial charge in [-0.25, -0.2) is 0 Å². The molecule has 128 valence electrons. The van der Waals surface area contributed by atoms with Crippen molar-refractivity contribution in [2.75, 3.05) is 27.8 Å². The van der Waals surface area contributed by atoms with Gasteiger partial charge in [0.05, 0.1) is 25.8 Å². The van der Waals surface area contributed by atoms with Gasteiger partial charge in [-0.15, -0.1) is 0 Å². The number of nitrogens with zero attached hydrogens (tertiary/aromatic N) is 1. The molecule has 0 aliphatic heterocycles. The molecule has 0 heterocycles. The zero-order valence-electron chi connectivity index (χ0n) is 14.3. The number of amides is 2. The molecule has 0 spiro atoms. The van der Waals surface area contributed by atoms with Crippen molar-refractivity contribution in [2.45, 2.75) is 26.3 Å². The first-order valence-corrected chi connectivity index (χ1v) is 7.45. The fraction of sp³-hybridized carbons (Fsp3) is 0.500. The molecule has 7 heteroatoms. The van der Waals surface area contributed by atoms with E-state index in [0.717, 1.165) is 0 Å². The summed E-state index contributed by atoms with van der Waals surface area (Å²) in [6.07, 6.45) is 0. The van der Waals surface area contributed by atoms with Crippen molar-refractivity contribution < 1.29 is 19.1 Å². The summed E-state index contributed by atoms with van der Waals surface area (Å²) in [7, 11) is 4.48. The summed E-state index contributed by atoms with van der Waals surface area (Å²) >= 11 is 6.10. The number of carbonyl (C=O) groups excluding carboxylic acids is 2. The number of hydrogen-bond donors (Lipinski definition) is 1. The number of nitrogens with one attached hydrogen (secondary N) is 1. The van der Waals surface area contributed by atoms with E-state index in [0.29, 0.717) is 17.1 Å². The average molecular weight is 343 g/mol. The third-order valence-corrected chi connectivity index (χ3v) is 3.20. The Morgan fingerprint density at radius 2 is 1.83 bits per heavy atom. The molecule has 0 atom stereocenters. The molecule has 0 saturated carbocycles. The molecule has 0 radical (unpaired) electrons. The number of likely N-dealkylation sites (N-methyl/N-ethyl adjacent to an activating group) is 1. The van der Waals surface area contributed by atoms with E-state index in [4.69, 9.17) is 21.1 Å². The van der Waals surface area contributed by atoms with E-state index in [1.165, 1.54) is 31.3 Å². The van der Waals surface area contributed by atoms with Gasteiger partial charge in [-0.1, -0.05) is 11.6 Å². The molecular weight excluding hydrogens is 320 g/mol. The first kappa shape index (κ1) is 19.1. The zero-order chi connectivity index (χ0) is 17.8. The van der Waals surface area contributed by atoms with Crippen molar-refractivity contribution in [3.8, 4) is 11.5 Å². The largest absolute Gasteiger partial charge is 0.493 e. The quantitative estimate of drug-likeness (QED) is 0.891. The Balaban J connectivity index is 2.92. The standard InChI is InChI=1S/C16H23ClN2O4/c1-16(2,3)18-13(20)9-19(4)15(21)10-7-11(17)14(23-6)12(8-10)22-5/h7-8H,9H2,1-6H3,(H,18,20). The number of carbonyl (C=O) groups is 2. The maximum absolute atomic E-state index is 12.5. The molecule has 0 fully saturated rings. The third-order valence-electron chi connectivity index (χ3n) is 2.92. The Morgan fingerprint density at radius 3 is 2.30 bits per heavy atom. The highest BCUT2D eigenvalue weighted by molar-refractivity contribution is 6.32. The van der Waals surface area contributed by atoms with Crippen LogP contribution in [0, 0.1) is 0 Å². The predicted molar refractivity (Wildman–Crippen MR) is 89.4 cm³/mol. The molecule has 1 rings (SSSR count). The van der Waals surface area contributed by atoms with Gasteiger partial charge < -0.3 is 19.7 Å². The highest BCUT2D eigenvalue weighted by Crippen LogP contribution is 2.36. The van der Waals surface area contributed by atoms with Crippen molar-refractivity contribution in [1.29, 1.82) is 0 Å². The monoisotopic (exact) mass is 342 g/mol. The second-order valence-electron chi connectivity index (χ2n) is 6.15. The first-order chi connectivity index (χ1) is 10.6. The van der Waals surface area contributed by atoms with Crippen LogP contribution in [-0.4, -0.2) is 50.1 Å². The molecule has 0 aromatic heterocycles. The van der Waals surface area contributed by atoms with Crippen LogP contribution in [0.3, 0.4) is 0 Å². The van der Waals surface area contributed by atoms with E-state index < -0.39 is 0 Å². The molecule has 0 unspecified atom stereocenters. The molecule has 0 aliphatic carbocycles. The number of ether oxygens (including phenoxy) is 2. The van der Waals surface area contributed by atoms with Crippen molar-refractivity contribution in [3.05, 3.63) is 22.7 Å². The molecule has 23 heavy (non-hydrogen) atoms. The van der Waals surface area contributed by atoms with Gasteiger partial charge in [0, 0.05) is 18.2 Å². The number of hydrogen-bond acceptors (Lipinski definition) is 4. The fourth-order valence-electron chi connectivity index (χ4n) is 2.01. The molecule has 1 N–H and O–H groups in total. The van der Waals surface area contributed by atoms with Crippen LogP contribution in [0.2, 0.25) is 5.02 Å². The summed E-state index contributed by atoms with van der Waals surface area (Å²) in [5, 5.41) is 3.07. The van der Waals surface area contributed by atoms with Gasteiger partial charge in [0.15, 0.2) is 11.5 Å². The number of benzene rings is 1. The lowest BCUT2D eigenvalue weighted by Gasteiger charge is -2.23. The van der Waals surface area contributed by atoms with Crippen LogP contribution in [0.15, 0.2) is 12.1 Å². The molecular formula is C16H23ClN2O4. The van der Waals surface area contributed by atoms with Crippen molar-refractivity contribution in [1.82, 2.24) is 10.2 Å². The van der Waals surface area contributed by atoms with Crippen LogP contribution >= 0.6 is 11.6 Å². The normalized spacial score (nSPS) is 10.9. The van der Waals surface area contributed by atoms with Gasteiger partial charge in [-0.3, -0.25) is 9.59 Å². The average Bonchev–Trinajstić information content (AvgIpc) is 2.43. The van der Waals surface area contributed by atoms with Crippen LogP contribution in [0.25, 0.3) is 0 Å². The van der Waals surface area contributed by atoms with Gasteiger partial charge in [0.1, 0.15) is 0 Å². The van der Waals surface area contributed by atoms with Gasteiger partial charge >= 0.3 is 0 Å². The maximum atomic E-state index is 12.5. The lowest BCUT2D eigenvalue weighted by atomic mass is 10.1. The molecule has 6 nitrogen and oxygen atoms in total. The van der Waals surface area contributed by atoms with E-state index in [2.05, 4.69) is 5.32 Å². The van der Waals surface area contributed by atoms with E-state index in [-0.39, 0.29) is 28.9 Å². The van der Waals surface area contributed by atoms with Crippen molar-refractivity contribution in [2.24, 2.45) is 0 Å². The van der Waals surface area contributed by atoms with Gasteiger partial charge in [-0.2, -0.15) is 0 Å². The van der Waals surface area contributed by atoms with Crippen LogP contribution in [0.4, 0.5) is 0 Å². The van der Waals surface area contributed by atoms with E-state index in [9.17, 15) is 9.59 Å². The topological polar surface area (TPSA) is 67.9 Å². The first-order valence-electron chi connectivity index (χ1n) is 7.07. The van der Waals surface area contributed by atoms with E-state index >= 15 is 0 Å². The van der Waals surface area contributed by atoms with Crippen LogP contribution in [-0.2, 0) is 4.79 Å². The highest BCUT2D eigenvalue weighted by atomic mass is 35.5. The predicted octanol–water partition coefficient (Wildman–Crippen LogP) is 2.34. The number of halogens is 1. The third kappa shape index (κ3) is 5.32. The molecule has 0 aliphatic rings. The van der Waals surface area contributed by atoms with Gasteiger partial charge in [-0.05, 0) is 32.9 Å². The highest BCUT2D eigenvalue weighted by Gasteiger charge is 2.21. The van der Waals surface area contributed by atoms with Crippen molar-refractivity contribution in [3.63, 3.8) is 0 Å².